The van der Waals surface area contributed by atoms with E-state index in [9.17, 15) is 8.78 Å². The number of rotatable bonds is 4. The lowest BCUT2D eigenvalue weighted by atomic mass is 10.1. The van der Waals surface area contributed by atoms with Gasteiger partial charge in [0.05, 0.1) is 19.0 Å². The SMILES string of the molecule is COc1ccc(N=CC(F)(F)c2ccccc2)cc1. The predicted octanol–water partition coefficient (Wildman–Crippen LogP) is 4.19. The second kappa shape index (κ2) is 5.61. The fourth-order valence-corrected chi connectivity index (χ4v) is 1.56. The van der Waals surface area contributed by atoms with Crippen molar-refractivity contribution in [2.45, 2.75) is 5.92 Å². The summed E-state index contributed by atoms with van der Waals surface area (Å²) in [6.45, 7) is 0. The van der Waals surface area contributed by atoms with Crippen molar-refractivity contribution in [1.82, 2.24) is 0 Å². The lowest BCUT2D eigenvalue weighted by Crippen LogP contribution is -2.14. The third kappa shape index (κ3) is 3.37. The van der Waals surface area contributed by atoms with E-state index >= 15 is 0 Å². The molecule has 0 spiro atoms. The van der Waals surface area contributed by atoms with Gasteiger partial charge in [0.25, 0.3) is 0 Å². The van der Waals surface area contributed by atoms with Crippen molar-refractivity contribution >= 4 is 11.9 Å². The van der Waals surface area contributed by atoms with Gasteiger partial charge in [-0.25, -0.2) is 0 Å². The summed E-state index contributed by atoms with van der Waals surface area (Å²) < 4.78 is 32.6. The fourth-order valence-electron chi connectivity index (χ4n) is 1.56. The van der Waals surface area contributed by atoms with Crippen LogP contribution in [0.25, 0.3) is 0 Å². The van der Waals surface area contributed by atoms with E-state index in [1.54, 1.807) is 49.6 Å². The Labute approximate surface area is 110 Å². The molecule has 0 heterocycles. The molecule has 2 aromatic carbocycles. The lowest BCUT2D eigenvalue weighted by molar-refractivity contribution is 0.0821. The molecule has 0 amide bonds. The summed E-state index contributed by atoms with van der Waals surface area (Å²) in [6, 6.07) is 14.2. The summed E-state index contributed by atoms with van der Waals surface area (Å²) in [5, 5.41) is 0. The molecule has 2 nitrogen and oxygen atoms in total. The highest BCUT2D eigenvalue weighted by atomic mass is 19.3. The van der Waals surface area contributed by atoms with Crippen LogP contribution in [0.3, 0.4) is 0 Å². The monoisotopic (exact) mass is 261 g/mol. The molecule has 19 heavy (non-hydrogen) atoms. The second-order valence-electron chi connectivity index (χ2n) is 3.95. The number of benzene rings is 2. The molecule has 0 aliphatic rings. The van der Waals surface area contributed by atoms with Crippen molar-refractivity contribution in [2.24, 2.45) is 4.99 Å². The minimum Gasteiger partial charge on any atom is -0.497 e. The highest BCUT2D eigenvalue weighted by Gasteiger charge is 2.28. The first-order valence-corrected chi connectivity index (χ1v) is 5.74. The van der Waals surface area contributed by atoms with Crippen molar-refractivity contribution in [2.75, 3.05) is 7.11 Å². The number of methoxy groups -OCH3 is 1. The molecule has 4 heteroatoms. The molecule has 0 aliphatic heterocycles. The Bertz CT molecular complexity index is 550. The standard InChI is InChI=1S/C15H13F2NO/c1-19-14-9-7-13(8-10-14)18-11-15(16,17)12-5-3-2-4-6-12/h2-11H,1H3. The third-order valence-electron chi connectivity index (χ3n) is 2.61. The molecule has 0 aromatic heterocycles. The summed E-state index contributed by atoms with van der Waals surface area (Å²) in [4.78, 5) is 3.80. The van der Waals surface area contributed by atoms with Gasteiger partial charge in [0.1, 0.15) is 5.75 Å². The van der Waals surface area contributed by atoms with Crippen LogP contribution in [-0.4, -0.2) is 13.3 Å². The zero-order valence-corrected chi connectivity index (χ0v) is 10.4. The number of alkyl halides is 2. The highest BCUT2D eigenvalue weighted by Crippen LogP contribution is 2.27. The van der Waals surface area contributed by atoms with Crippen molar-refractivity contribution < 1.29 is 13.5 Å². The van der Waals surface area contributed by atoms with E-state index in [1.807, 2.05) is 0 Å². The number of ether oxygens (including phenoxy) is 1. The van der Waals surface area contributed by atoms with Gasteiger partial charge in [-0.05, 0) is 24.3 Å². The first kappa shape index (κ1) is 13.2. The molecule has 0 saturated carbocycles. The van der Waals surface area contributed by atoms with E-state index in [-0.39, 0.29) is 5.56 Å². The molecular weight excluding hydrogens is 248 g/mol. The van der Waals surface area contributed by atoms with E-state index in [0.717, 1.165) is 0 Å². The molecule has 0 N–H and O–H groups in total. The Morgan fingerprint density at radius 1 is 1.00 bits per heavy atom. The highest BCUT2D eigenvalue weighted by molar-refractivity contribution is 5.72. The summed E-state index contributed by atoms with van der Waals surface area (Å²) in [5.74, 6) is -2.42. The van der Waals surface area contributed by atoms with Gasteiger partial charge in [-0.2, -0.15) is 8.78 Å². The zero-order chi connectivity index (χ0) is 13.7. The quantitative estimate of drug-likeness (QED) is 0.756. The van der Waals surface area contributed by atoms with Gasteiger partial charge in [-0.1, -0.05) is 30.3 Å². The molecule has 2 aromatic rings. The average Bonchev–Trinajstić information content (AvgIpc) is 2.47. The molecule has 98 valence electrons. The van der Waals surface area contributed by atoms with Crippen LogP contribution < -0.4 is 4.74 Å². The summed E-state index contributed by atoms with van der Waals surface area (Å²) in [5.41, 5.74) is 0.378. The van der Waals surface area contributed by atoms with E-state index in [1.165, 1.54) is 12.1 Å². The van der Waals surface area contributed by atoms with Gasteiger partial charge in [0.15, 0.2) is 0 Å². The number of aliphatic imine (C=N–C) groups is 1. The summed E-state index contributed by atoms with van der Waals surface area (Å²) >= 11 is 0. The summed E-state index contributed by atoms with van der Waals surface area (Å²) in [6.07, 6.45) is 0.657. The van der Waals surface area contributed by atoms with E-state index < -0.39 is 5.92 Å². The van der Waals surface area contributed by atoms with Gasteiger partial charge in [-0.3, -0.25) is 4.99 Å². The molecule has 0 aliphatic carbocycles. The van der Waals surface area contributed by atoms with Crippen LogP contribution in [0.5, 0.6) is 5.75 Å². The summed E-state index contributed by atoms with van der Waals surface area (Å²) in [7, 11) is 1.54. The number of nitrogens with zero attached hydrogens (tertiary/aromatic N) is 1. The Kier molecular flexibility index (Phi) is 3.90. The average molecular weight is 261 g/mol. The molecule has 0 atom stereocenters. The zero-order valence-electron chi connectivity index (χ0n) is 10.4. The fraction of sp³-hybridized carbons (Fsp3) is 0.133. The Morgan fingerprint density at radius 2 is 1.63 bits per heavy atom. The van der Waals surface area contributed by atoms with Crippen LogP contribution in [0, 0.1) is 0 Å². The predicted molar refractivity (Wildman–Crippen MR) is 71.5 cm³/mol. The second-order valence-corrected chi connectivity index (χ2v) is 3.95. The van der Waals surface area contributed by atoms with Crippen LogP contribution in [0.1, 0.15) is 5.56 Å². The van der Waals surface area contributed by atoms with E-state index in [2.05, 4.69) is 4.99 Å². The maximum atomic E-state index is 13.8. The van der Waals surface area contributed by atoms with Crippen LogP contribution in [0.2, 0.25) is 0 Å². The third-order valence-corrected chi connectivity index (χ3v) is 2.61. The Morgan fingerprint density at radius 3 is 2.21 bits per heavy atom. The minimum atomic E-state index is -3.08. The largest absolute Gasteiger partial charge is 0.497 e. The van der Waals surface area contributed by atoms with Gasteiger partial charge in [0.2, 0.25) is 0 Å². The number of hydrogen-bond acceptors (Lipinski definition) is 2. The Hall–Kier alpha value is -2.23. The molecule has 0 bridgehead atoms. The first-order chi connectivity index (χ1) is 9.12. The van der Waals surface area contributed by atoms with Gasteiger partial charge >= 0.3 is 5.92 Å². The van der Waals surface area contributed by atoms with E-state index in [4.69, 9.17) is 4.74 Å². The van der Waals surface area contributed by atoms with Crippen molar-refractivity contribution in [3.63, 3.8) is 0 Å². The van der Waals surface area contributed by atoms with Crippen molar-refractivity contribution in [3.8, 4) is 5.75 Å². The topological polar surface area (TPSA) is 21.6 Å². The van der Waals surface area contributed by atoms with Crippen LogP contribution >= 0.6 is 0 Å². The molecule has 0 fully saturated rings. The molecule has 0 saturated heterocycles. The van der Waals surface area contributed by atoms with Gasteiger partial charge in [-0.15, -0.1) is 0 Å². The smallest absolute Gasteiger partial charge is 0.308 e. The molecule has 2 rings (SSSR count). The Balaban J connectivity index is 2.16. The normalized spacial score (nSPS) is 11.7. The maximum absolute atomic E-state index is 13.8. The van der Waals surface area contributed by atoms with E-state index in [0.29, 0.717) is 17.7 Å². The maximum Gasteiger partial charge on any atom is 0.308 e. The van der Waals surface area contributed by atoms with Crippen LogP contribution in [0.4, 0.5) is 14.5 Å². The first-order valence-electron chi connectivity index (χ1n) is 5.74. The molecule has 0 unspecified atom stereocenters. The lowest BCUT2D eigenvalue weighted by Gasteiger charge is -2.10. The minimum absolute atomic E-state index is 0.0766. The van der Waals surface area contributed by atoms with Gasteiger partial charge in [0, 0.05) is 5.56 Å². The van der Waals surface area contributed by atoms with Crippen LogP contribution in [-0.2, 0) is 5.92 Å². The van der Waals surface area contributed by atoms with Crippen LogP contribution in [0.15, 0.2) is 59.6 Å². The molecular formula is C15H13F2NO. The number of halogens is 2. The van der Waals surface area contributed by atoms with Gasteiger partial charge < -0.3 is 4.74 Å². The van der Waals surface area contributed by atoms with Crippen molar-refractivity contribution in [3.05, 3.63) is 60.2 Å². The van der Waals surface area contributed by atoms with Crippen molar-refractivity contribution in [1.29, 1.82) is 0 Å². The number of hydrogen-bond donors (Lipinski definition) is 0. The molecule has 0 radical (unpaired) electrons.